The van der Waals surface area contributed by atoms with Crippen LogP contribution in [0, 0.1) is 22.7 Å². The molecule has 0 aliphatic carbocycles. The van der Waals surface area contributed by atoms with Gasteiger partial charge in [-0.15, -0.1) is 0 Å². The number of carbonyl (C=O) groups excluding carboxylic acids is 1. The molecule has 0 aliphatic rings. The molecule has 0 aromatic heterocycles. The van der Waals surface area contributed by atoms with Gasteiger partial charge in [0.1, 0.15) is 6.07 Å². The van der Waals surface area contributed by atoms with Crippen LogP contribution in [-0.2, 0) is 10.8 Å². The van der Waals surface area contributed by atoms with Crippen molar-refractivity contribution in [3.8, 4) is 12.1 Å². The van der Waals surface area contributed by atoms with E-state index in [4.69, 9.17) is 10.5 Å². The Labute approximate surface area is 130 Å². The number of nitriles is 2. The summed E-state index contributed by atoms with van der Waals surface area (Å²) in [7, 11) is -1.27. The van der Waals surface area contributed by atoms with E-state index in [-0.39, 0.29) is 11.5 Å². The second kappa shape index (κ2) is 6.66. The van der Waals surface area contributed by atoms with Crippen molar-refractivity contribution in [1.29, 1.82) is 10.5 Å². The normalized spacial score (nSPS) is 11.0. The quantitative estimate of drug-likeness (QED) is 0.942. The zero-order valence-electron chi connectivity index (χ0n) is 11.7. The van der Waals surface area contributed by atoms with Crippen molar-refractivity contribution in [1.82, 2.24) is 0 Å². The minimum Gasteiger partial charge on any atom is -0.322 e. The number of nitrogens with zero attached hydrogens (tertiary/aromatic N) is 2. The van der Waals surface area contributed by atoms with Gasteiger partial charge in [0.2, 0.25) is 0 Å². The Bertz CT molecular complexity index is 847. The Morgan fingerprint density at radius 1 is 1.14 bits per heavy atom. The molecule has 0 spiro atoms. The number of hydrogen-bond donors (Lipinski definition) is 1. The molecule has 0 heterocycles. The fraction of sp³-hybridized carbons (Fsp3) is 0.0625. The second-order valence-electron chi connectivity index (χ2n) is 4.42. The van der Waals surface area contributed by atoms with E-state index in [0.29, 0.717) is 21.7 Å². The third-order valence-electron chi connectivity index (χ3n) is 2.92. The first-order valence-electron chi connectivity index (χ1n) is 6.24. The highest BCUT2D eigenvalue weighted by Crippen LogP contribution is 2.18. The van der Waals surface area contributed by atoms with Gasteiger partial charge in [0, 0.05) is 17.5 Å². The number of carbonyl (C=O) groups is 1. The maximum absolute atomic E-state index is 12.1. The van der Waals surface area contributed by atoms with Gasteiger partial charge in [-0.3, -0.25) is 9.00 Å². The highest BCUT2D eigenvalue weighted by molar-refractivity contribution is 7.84. The molecule has 0 saturated carbocycles. The fourth-order valence-corrected chi connectivity index (χ4v) is 2.55. The summed E-state index contributed by atoms with van der Waals surface area (Å²) in [5.41, 5.74) is 1.42. The van der Waals surface area contributed by atoms with E-state index in [1.165, 1.54) is 18.4 Å². The predicted molar refractivity (Wildman–Crippen MR) is 82.6 cm³/mol. The molecule has 0 bridgehead atoms. The van der Waals surface area contributed by atoms with Crippen LogP contribution in [0.2, 0.25) is 0 Å². The highest BCUT2D eigenvalue weighted by atomic mass is 32.2. The highest BCUT2D eigenvalue weighted by Gasteiger charge is 2.10. The second-order valence-corrected chi connectivity index (χ2v) is 5.77. The van der Waals surface area contributed by atoms with Crippen LogP contribution in [-0.4, -0.2) is 16.4 Å². The third kappa shape index (κ3) is 3.38. The summed E-state index contributed by atoms with van der Waals surface area (Å²) >= 11 is 0. The smallest absolute Gasteiger partial charge is 0.255 e. The Morgan fingerprint density at radius 2 is 1.91 bits per heavy atom. The van der Waals surface area contributed by atoms with Gasteiger partial charge in [0.05, 0.1) is 32.9 Å². The maximum Gasteiger partial charge on any atom is 0.255 e. The van der Waals surface area contributed by atoms with E-state index >= 15 is 0 Å². The maximum atomic E-state index is 12.1. The molecule has 1 N–H and O–H groups in total. The van der Waals surface area contributed by atoms with E-state index < -0.39 is 10.8 Å². The molecule has 5 nitrogen and oxygen atoms in total. The van der Waals surface area contributed by atoms with Gasteiger partial charge in [-0.2, -0.15) is 10.5 Å². The molecule has 0 fully saturated rings. The molecule has 2 aromatic rings. The summed E-state index contributed by atoms with van der Waals surface area (Å²) in [6, 6.07) is 14.8. The number of anilines is 1. The van der Waals surface area contributed by atoms with Crippen molar-refractivity contribution >= 4 is 22.4 Å². The van der Waals surface area contributed by atoms with Crippen LogP contribution in [0.5, 0.6) is 0 Å². The van der Waals surface area contributed by atoms with E-state index in [9.17, 15) is 9.00 Å². The lowest BCUT2D eigenvalue weighted by molar-refractivity contribution is 0.102. The molecule has 0 radical (unpaired) electrons. The zero-order chi connectivity index (χ0) is 16.1. The number of amides is 1. The van der Waals surface area contributed by atoms with Crippen molar-refractivity contribution in [3.63, 3.8) is 0 Å². The molecular formula is C16H11N3O2S. The first-order chi connectivity index (χ1) is 10.5. The van der Waals surface area contributed by atoms with Crippen LogP contribution in [0.15, 0.2) is 47.4 Å². The van der Waals surface area contributed by atoms with E-state index in [1.54, 1.807) is 30.3 Å². The molecule has 1 atom stereocenters. The van der Waals surface area contributed by atoms with Gasteiger partial charge in [0.25, 0.3) is 5.91 Å². The largest absolute Gasteiger partial charge is 0.322 e. The van der Waals surface area contributed by atoms with Gasteiger partial charge < -0.3 is 5.32 Å². The molecule has 108 valence electrons. The lowest BCUT2D eigenvalue weighted by Gasteiger charge is -2.07. The van der Waals surface area contributed by atoms with Crippen LogP contribution < -0.4 is 5.32 Å². The fourth-order valence-electron chi connectivity index (χ4n) is 1.88. The summed E-state index contributed by atoms with van der Waals surface area (Å²) in [5, 5.41) is 20.6. The standard InChI is InChI=1S/C16H11N3O2S/c1-22(21)15-6-5-14(8-13(15)10-18)19-16(20)12-4-2-3-11(7-12)9-17/h2-8H,1H3,(H,19,20)/t22-/m0/s1. The Morgan fingerprint density at radius 3 is 2.55 bits per heavy atom. The van der Waals surface area contributed by atoms with Crippen LogP contribution in [0.1, 0.15) is 21.5 Å². The number of benzene rings is 2. The monoisotopic (exact) mass is 309 g/mol. The molecule has 2 aromatic carbocycles. The molecule has 0 saturated heterocycles. The third-order valence-corrected chi connectivity index (χ3v) is 3.90. The van der Waals surface area contributed by atoms with E-state index in [0.717, 1.165) is 0 Å². The minimum absolute atomic E-state index is 0.254. The Kier molecular flexibility index (Phi) is 4.67. The van der Waals surface area contributed by atoms with Crippen molar-refractivity contribution in [3.05, 3.63) is 59.2 Å². The van der Waals surface area contributed by atoms with Gasteiger partial charge >= 0.3 is 0 Å². The Hall–Kier alpha value is -2.96. The Balaban J connectivity index is 2.27. The zero-order valence-corrected chi connectivity index (χ0v) is 12.5. The molecule has 0 aliphatic heterocycles. The summed E-state index contributed by atoms with van der Waals surface area (Å²) in [6.45, 7) is 0. The summed E-state index contributed by atoms with van der Waals surface area (Å²) in [4.78, 5) is 12.6. The number of nitrogens with one attached hydrogen (secondary N) is 1. The first kappa shape index (κ1) is 15.4. The number of rotatable bonds is 3. The van der Waals surface area contributed by atoms with Crippen molar-refractivity contribution in [2.75, 3.05) is 11.6 Å². The molecular weight excluding hydrogens is 298 g/mol. The molecule has 1 amide bonds. The lowest BCUT2D eigenvalue weighted by atomic mass is 10.1. The van der Waals surface area contributed by atoms with Crippen molar-refractivity contribution in [2.45, 2.75) is 4.90 Å². The molecule has 6 heteroatoms. The van der Waals surface area contributed by atoms with Gasteiger partial charge in [-0.25, -0.2) is 0 Å². The first-order valence-corrected chi connectivity index (χ1v) is 7.80. The van der Waals surface area contributed by atoms with Gasteiger partial charge in [-0.05, 0) is 36.4 Å². The predicted octanol–water partition coefficient (Wildman–Crippen LogP) is 2.42. The van der Waals surface area contributed by atoms with E-state index in [1.807, 2.05) is 12.1 Å². The average molecular weight is 309 g/mol. The van der Waals surface area contributed by atoms with Crippen LogP contribution >= 0.6 is 0 Å². The van der Waals surface area contributed by atoms with Gasteiger partial charge in [-0.1, -0.05) is 6.07 Å². The summed E-state index contributed by atoms with van der Waals surface area (Å²) in [5.74, 6) is -0.383. The van der Waals surface area contributed by atoms with Crippen LogP contribution in [0.25, 0.3) is 0 Å². The lowest BCUT2D eigenvalue weighted by Crippen LogP contribution is -2.12. The van der Waals surface area contributed by atoms with Crippen LogP contribution in [0.3, 0.4) is 0 Å². The van der Waals surface area contributed by atoms with Crippen molar-refractivity contribution in [2.24, 2.45) is 0 Å². The van der Waals surface area contributed by atoms with E-state index in [2.05, 4.69) is 5.32 Å². The summed E-state index contributed by atoms with van der Waals surface area (Å²) < 4.78 is 11.5. The van der Waals surface area contributed by atoms with Crippen LogP contribution in [0.4, 0.5) is 5.69 Å². The topological polar surface area (TPSA) is 93.8 Å². The summed E-state index contributed by atoms with van der Waals surface area (Å²) in [6.07, 6.45) is 1.49. The number of hydrogen-bond acceptors (Lipinski definition) is 4. The molecule has 2 rings (SSSR count). The van der Waals surface area contributed by atoms with Gasteiger partial charge in [0.15, 0.2) is 0 Å². The van der Waals surface area contributed by atoms with Crippen molar-refractivity contribution < 1.29 is 9.00 Å². The molecule has 22 heavy (non-hydrogen) atoms. The molecule has 0 unspecified atom stereocenters. The SMILES string of the molecule is C[S@](=O)c1ccc(NC(=O)c2cccc(C#N)c2)cc1C#N. The minimum atomic E-state index is -1.27. The average Bonchev–Trinajstić information content (AvgIpc) is 2.54.